The summed E-state index contributed by atoms with van der Waals surface area (Å²) >= 11 is 0. The van der Waals surface area contributed by atoms with E-state index in [1.165, 1.54) is 0 Å². The van der Waals surface area contributed by atoms with Crippen LogP contribution >= 0.6 is 7.82 Å². The largest absolute Gasteiger partial charge is 1.00 e. The molecule has 7 heteroatoms. The van der Waals surface area contributed by atoms with Gasteiger partial charge in [-0.05, 0) is 0 Å². The molecule has 1 heterocycles. The molecule has 0 spiro atoms. The van der Waals surface area contributed by atoms with Crippen LogP contribution in [0.3, 0.4) is 0 Å². The van der Waals surface area contributed by atoms with Gasteiger partial charge in [-0.15, -0.1) is 0 Å². The molecule has 1 saturated heterocycles. The fourth-order valence-electron chi connectivity index (χ4n) is 0.530. The first-order valence-electron chi connectivity index (χ1n) is 2.50. The summed E-state index contributed by atoms with van der Waals surface area (Å²) in [5.74, 6) is 0. The van der Waals surface area contributed by atoms with E-state index in [0.29, 0.717) is 6.42 Å². The Balaban J connectivity index is 0.000000810. The van der Waals surface area contributed by atoms with Crippen molar-refractivity contribution in [3.63, 3.8) is 0 Å². The third-order valence-corrected chi connectivity index (χ3v) is 1.94. The van der Waals surface area contributed by atoms with E-state index in [0.717, 1.165) is 0 Å². The monoisotopic (exact) mass is 191 g/mol. The van der Waals surface area contributed by atoms with Crippen molar-refractivity contribution in [2.24, 2.45) is 5.73 Å². The predicted octanol–water partition coefficient (Wildman–Crippen LogP) is -3.82. The van der Waals surface area contributed by atoms with Gasteiger partial charge in [0, 0.05) is 6.42 Å². The first kappa shape index (κ1) is 11.7. The molecule has 2 unspecified atom stereocenters. The molecule has 2 atom stereocenters. The summed E-state index contributed by atoms with van der Waals surface area (Å²) in [5.41, 5.74) is 5.14. The van der Waals surface area contributed by atoms with Crippen LogP contribution in [-0.4, -0.2) is 12.8 Å². The van der Waals surface area contributed by atoms with Crippen LogP contribution in [0.1, 0.15) is 6.42 Å². The summed E-state index contributed by atoms with van der Waals surface area (Å²) in [5, 5.41) is 0. The zero-order valence-electron chi connectivity index (χ0n) is 5.65. The Bertz CT molecular complexity index is 153. The van der Waals surface area contributed by atoms with Gasteiger partial charge in [-0.3, -0.25) is 9.09 Å². The molecule has 0 saturated carbocycles. The molecule has 0 radical (unpaired) electrons. The van der Waals surface area contributed by atoms with Crippen molar-refractivity contribution in [1.82, 2.24) is 0 Å². The maximum Gasteiger partial charge on any atom is 1.00 e. The number of phosphoric ester groups is 1. The van der Waals surface area contributed by atoms with E-state index < -0.39 is 14.1 Å². The molecule has 54 valence electrons. The Kier molecular flexibility index (Phi) is 5.46. The quantitative estimate of drug-likeness (QED) is 0.313. The van der Waals surface area contributed by atoms with Gasteiger partial charge in [-0.1, -0.05) is 0 Å². The minimum atomic E-state index is -4.02. The molecule has 5 nitrogen and oxygen atoms in total. The van der Waals surface area contributed by atoms with Gasteiger partial charge in [0.05, 0.1) is 6.61 Å². The van der Waals surface area contributed by atoms with Gasteiger partial charge in [-0.25, -0.2) is 0 Å². The standard InChI is InChI=1S/C3H8NO4P.K/c4-3-1-2-7-9(5,6)8-3;/h3H,1-2,4H2,(H,5,6);/q;+1/p-1. The van der Waals surface area contributed by atoms with Crippen LogP contribution in [0.5, 0.6) is 0 Å². The maximum absolute atomic E-state index is 10.4. The van der Waals surface area contributed by atoms with Gasteiger partial charge in [0.15, 0.2) is 0 Å². The minimum Gasteiger partial charge on any atom is -0.756 e. The van der Waals surface area contributed by atoms with Gasteiger partial charge in [-0.2, -0.15) is 0 Å². The van der Waals surface area contributed by atoms with Gasteiger partial charge >= 0.3 is 51.4 Å². The number of hydrogen-bond acceptors (Lipinski definition) is 5. The smallest absolute Gasteiger partial charge is 0.756 e. The molecule has 1 fully saturated rings. The molecule has 0 bridgehead atoms. The summed E-state index contributed by atoms with van der Waals surface area (Å²) < 4.78 is 18.8. The van der Waals surface area contributed by atoms with Crippen molar-refractivity contribution < 1.29 is 69.9 Å². The fourth-order valence-corrected chi connectivity index (χ4v) is 1.36. The molecule has 1 rings (SSSR count). The van der Waals surface area contributed by atoms with Crippen LogP contribution < -0.4 is 62.0 Å². The van der Waals surface area contributed by atoms with Crippen molar-refractivity contribution in [3.8, 4) is 0 Å². The summed E-state index contributed by atoms with van der Waals surface area (Å²) in [4.78, 5) is 10.4. The Morgan fingerprint density at radius 1 is 1.70 bits per heavy atom. The van der Waals surface area contributed by atoms with E-state index in [1.807, 2.05) is 0 Å². The fraction of sp³-hybridized carbons (Fsp3) is 1.00. The van der Waals surface area contributed by atoms with Gasteiger partial charge < -0.3 is 15.2 Å². The van der Waals surface area contributed by atoms with Crippen LogP contribution in [0, 0.1) is 0 Å². The van der Waals surface area contributed by atoms with Crippen LogP contribution in [0.4, 0.5) is 0 Å². The van der Waals surface area contributed by atoms with Gasteiger partial charge in [0.25, 0.3) is 7.82 Å². The molecule has 0 aromatic carbocycles. The summed E-state index contributed by atoms with van der Waals surface area (Å²) in [6.07, 6.45) is -0.297. The van der Waals surface area contributed by atoms with Crippen LogP contribution in [0.15, 0.2) is 0 Å². The molecule has 2 N–H and O–H groups in total. The second kappa shape index (κ2) is 4.66. The van der Waals surface area contributed by atoms with Crippen LogP contribution in [-0.2, 0) is 13.6 Å². The van der Waals surface area contributed by atoms with E-state index in [4.69, 9.17) is 5.73 Å². The zero-order valence-corrected chi connectivity index (χ0v) is 9.67. The van der Waals surface area contributed by atoms with Crippen LogP contribution in [0.25, 0.3) is 0 Å². The van der Waals surface area contributed by atoms with E-state index >= 15 is 0 Å². The average molecular weight is 191 g/mol. The van der Waals surface area contributed by atoms with E-state index in [1.54, 1.807) is 0 Å². The summed E-state index contributed by atoms with van der Waals surface area (Å²) in [6.45, 7) is 0.127. The zero-order chi connectivity index (χ0) is 6.91. The molecule has 0 aliphatic carbocycles. The van der Waals surface area contributed by atoms with Crippen molar-refractivity contribution in [1.29, 1.82) is 0 Å². The van der Waals surface area contributed by atoms with Crippen molar-refractivity contribution in [2.45, 2.75) is 12.6 Å². The summed E-state index contributed by atoms with van der Waals surface area (Å²) in [6, 6.07) is 0. The molecule has 1 aliphatic heterocycles. The third kappa shape index (κ3) is 3.92. The molecule has 0 amide bonds. The van der Waals surface area contributed by atoms with Gasteiger partial charge in [0.2, 0.25) is 0 Å². The topological polar surface area (TPSA) is 84.6 Å². The second-order valence-electron chi connectivity index (χ2n) is 1.71. The van der Waals surface area contributed by atoms with E-state index in [2.05, 4.69) is 9.05 Å². The van der Waals surface area contributed by atoms with Gasteiger partial charge in [0.1, 0.15) is 6.23 Å². The molecular formula is C3H7KNO4P. The Morgan fingerprint density at radius 3 is 2.60 bits per heavy atom. The first-order valence-corrected chi connectivity index (χ1v) is 3.96. The number of hydrogen-bond donors (Lipinski definition) is 1. The predicted molar refractivity (Wildman–Crippen MR) is 27.2 cm³/mol. The number of nitrogens with two attached hydrogens (primary N) is 1. The van der Waals surface area contributed by atoms with E-state index in [9.17, 15) is 9.46 Å². The number of phosphoric acid groups is 1. The second-order valence-corrected chi connectivity index (χ2v) is 3.08. The molecule has 0 aromatic rings. The first-order chi connectivity index (χ1) is 4.10. The molecular weight excluding hydrogens is 184 g/mol. The SMILES string of the molecule is NC1CCOP(=O)([O-])O1.[K+]. The molecule has 10 heavy (non-hydrogen) atoms. The number of rotatable bonds is 0. The summed E-state index contributed by atoms with van der Waals surface area (Å²) in [7, 11) is -4.02. The third-order valence-electron chi connectivity index (χ3n) is 0.916. The van der Waals surface area contributed by atoms with Crippen molar-refractivity contribution >= 4 is 7.82 Å². The Labute approximate surface area is 101 Å². The molecule has 0 aromatic heterocycles. The van der Waals surface area contributed by atoms with Crippen LogP contribution in [0.2, 0.25) is 0 Å². The Morgan fingerprint density at radius 2 is 2.30 bits per heavy atom. The maximum atomic E-state index is 10.4. The average Bonchev–Trinajstić information content (AvgIpc) is 1.60. The molecule has 1 aliphatic rings. The van der Waals surface area contributed by atoms with E-state index in [-0.39, 0.29) is 58.0 Å². The Hall–Kier alpha value is 1.71. The minimum absolute atomic E-state index is 0. The normalized spacial score (nSPS) is 40.4. The van der Waals surface area contributed by atoms with Crippen molar-refractivity contribution in [2.75, 3.05) is 6.61 Å². The van der Waals surface area contributed by atoms with Crippen molar-refractivity contribution in [3.05, 3.63) is 0 Å².